The van der Waals surface area contributed by atoms with E-state index in [1.165, 1.54) is 25.7 Å². The summed E-state index contributed by atoms with van der Waals surface area (Å²) in [5.41, 5.74) is 0.422. The highest BCUT2D eigenvalue weighted by Gasteiger charge is 2.25. The summed E-state index contributed by atoms with van der Waals surface area (Å²) in [6.07, 6.45) is 6.40. The number of likely N-dealkylation sites (tertiary alicyclic amines) is 1. The molecule has 1 N–H and O–H groups in total. The van der Waals surface area contributed by atoms with E-state index in [9.17, 15) is 4.79 Å². The van der Waals surface area contributed by atoms with Crippen LogP contribution in [0.25, 0.3) is 0 Å². The molecule has 116 valence electrons. The Morgan fingerprint density at radius 3 is 2.95 bits per heavy atom. The van der Waals surface area contributed by atoms with Gasteiger partial charge in [0.15, 0.2) is 0 Å². The Labute approximate surface area is 130 Å². The van der Waals surface area contributed by atoms with Gasteiger partial charge in [0.25, 0.3) is 5.56 Å². The highest BCUT2D eigenvalue weighted by atomic mass is 35.5. The maximum absolute atomic E-state index is 12.4. The molecule has 2 aliphatic rings. The van der Waals surface area contributed by atoms with Gasteiger partial charge in [-0.15, -0.1) is 0 Å². The van der Waals surface area contributed by atoms with Gasteiger partial charge in [-0.1, -0.05) is 18.5 Å². The lowest BCUT2D eigenvalue weighted by Gasteiger charge is -2.23. The third kappa shape index (κ3) is 3.40. The van der Waals surface area contributed by atoms with Crippen molar-refractivity contribution in [2.24, 2.45) is 5.92 Å². The van der Waals surface area contributed by atoms with E-state index in [0.29, 0.717) is 22.7 Å². The molecule has 0 spiro atoms. The van der Waals surface area contributed by atoms with Gasteiger partial charge in [0.1, 0.15) is 5.69 Å². The van der Waals surface area contributed by atoms with E-state index in [0.717, 1.165) is 26.2 Å². The van der Waals surface area contributed by atoms with Gasteiger partial charge in [0.05, 0.1) is 11.2 Å². The van der Waals surface area contributed by atoms with Crippen molar-refractivity contribution in [3.05, 3.63) is 21.6 Å². The lowest BCUT2D eigenvalue weighted by atomic mass is 10.2. The second kappa shape index (κ2) is 6.36. The highest BCUT2D eigenvalue weighted by Crippen LogP contribution is 2.30. The molecule has 21 heavy (non-hydrogen) atoms. The van der Waals surface area contributed by atoms with Crippen LogP contribution in [0.4, 0.5) is 5.69 Å². The third-order valence-corrected chi connectivity index (χ3v) is 4.83. The van der Waals surface area contributed by atoms with Crippen molar-refractivity contribution in [3.63, 3.8) is 0 Å². The monoisotopic (exact) mass is 310 g/mol. The molecule has 5 nitrogen and oxygen atoms in total. The first-order valence-electron chi connectivity index (χ1n) is 7.92. The quantitative estimate of drug-likeness (QED) is 0.875. The second-order valence-corrected chi connectivity index (χ2v) is 6.51. The van der Waals surface area contributed by atoms with Gasteiger partial charge in [-0.3, -0.25) is 9.69 Å². The first-order valence-corrected chi connectivity index (χ1v) is 8.30. The lowest BCUT2D eigenvalue weighted by molar-refractivity contribution is 0.277. The molecule has 1 aliphatic carbocycles. The van der Waals surface area contributed by atoms with Crippen LogP contribution in [0, 0.1) is 5.92 Å². The maximum atomic E-state index is 12.4. The zero-order valence-electron chi connectivity index (χ0n) is 12.5. The highest BCUT2D eigenvalue weighted by molar-refractivity contribution is 6.32. The molecule has 1 aliphatic heterocycles. The number of hydrogen-bond acceptors (Lipinski definition) is 4. The molecule has 1 saturated carbocycles. The summed E-state index contributed by atoms with van der Waals surface area (Å²) in [5.74, 6) is 0.620. The van der Waals surface area contributed by atoms with Gasteiger partial charge in [-0.2, -0.15) is 5.10 Å². The van der Waals surface area contributed by atoms with Crippen LogP contribution in [-0.2, 0) is 6.54 Å². The van der Waals surface area contributed by atoms with Crippen LogP contribution < -0.4 is 10.9 Å². The van der Waals surface area contributed by atoms with Gasteiger partial charge in [0.2, 0.25) is 0 Å². The van der Waals surface area contributed by atoms with E-state index < -0.39 is 0 Å². The van der Waals surface area contributed by atoms with Gasteiger partial charge in [0, 0.05) is 19.1 Å². The van der Waals surface area contributed by atoms with Crippen molar-refractivity contribution in [1.29, 1.82) is 0 Å². The molecule has 3 rings (SSSR count). The number of nitrogens with zero attached hydrogens (tertiary/aromatic N) is 3. The zero-order chi connectivity index (χ0) is 14.8. The summed E-state index contributed by atoms with van der Waals surface area (Å²) in [4.78, 5) is 14.9. The normalized spacial score (nSPS) is 22.7. The summed E-state index contributed by atoms with van der Waals surface area (Å²) in [6, 6.07) is 0.496. The molecule has 1 unspecified atom stereocenters. The summed E-state index contributed by atoms with van der Waals surface area (Å²) in [7, 11) is 0. The Kier molecular flexibility index (Phi) is 4.50. The standard InChI is InChI=1S/C15H23ClN4O/c1-2-19-7-3-4-12(19)8-17-14-13(16)9-18-20(15(14)21)10-11-5-6-11/h9,11-12,17H,2-8,10H2,1H3. The minimum atomic E-state index is -0.0876. The number of likely N-dealkylation sites (N-methyl/N-ethyl adjacent to an activating group) is 1. The van der Waals surface area contributed by atoms with Gasteiger partial charge in [-0.25, -0.2) is 4.68 Å². The van der Waals surface area contributed by atoms with Crippen LogP contribution in [-0.4, -0.2) is 40.4 Å². The predicted octanol–water partition coefficient (Wildman–Crippen LogP) is 2.20. The van der Waals surface area contributed by atoms with Gasteiger partial charge in [-0.05, 0) is 44.7 Å². The molecular formula is C15H23ClN4O. The molecule has 6 heteroatoms. The molecule has 2 heterocycles. The minimum Gasteiger partial charge on any atom is -0.378 e. The largest absolute Gasteiger partial charge is 0.378 e. The van der Waals surface area contributed by atoms with Crippen molar-refractivity contribution in [1.82, 2.24) is 14.7 Å². The Hall–Kier alpha value is -1.07. The molecule has 1 saturated heterocycles. The molecule has 0 bridgehead atoms. The number of hydrogen-bond donors (Lipinski definition) is 1. The van der Waals surface area contributed by atoms with Crippen LogP contribution >= 0.6 is 11.6 Å². The maximum Gasteiger partial charge on any atom is 0.291 e. The fourth-order valence-electron chi connectivity index (χ4n) is 3.07. The Morgan fingerprint density at radius 2 is 2.24 bits per heavy atom. The molecule has 1 aromatic heterocycles. The van der Waals surface area contributed by atoms with Crippen LogP contribution in [0.1, 0.15) is 32.6 Å². The van der Waals surface area contributed by atoms with E-state index in [1.807, 2.05) is 0 Å². The molecule has 2 fully saturated rings. The van der Waals surface area contributed by atoms with E-state index >= 15 is 0 Å². The van der Waals surface area contributed by atoms with Crippen molar-refractivity contribution in [2.45, 2.75) is 45.2 Å². The molecule has 0 radical (unpaired) electrons. The smallest absolute Gasteiger partial charge is 0.291 e. The second-order valence-electron chi connectivity index (χ2n) is 6.10. The number of halogens is 1. The van der Waals surface area contributed by atoms with Crippen molar-refractivity contribution in [3.8, 4) is 0 Å². The number of nitrogens with one attached hydrogen (secondary N) is 1. The molecule has 1 atom stereocenters. The number of aromatic nitrogens is 2. The topological polar surface area (TPSA) is 50.2 Å². The Bertz CT molecular complexity index is 555. The minimum absolute atomic E-state index is 0.0876. The van der Waals surface area contributed by atoms with Gasteiger partial charge >= 0.3 is 0 Å². The predicted molar refractivity (Wildman–Crippen MR) is 85.0 cm³/mol. The number of anilines is 1. The fourth-order valence-corrected chi connectivity index (χ4v) is 3.26. The van der Waals surface area contributed by atoms with Crippen LogP contribution in [0.2, 0.25) is 5.02 Å². The van der Waals surface area contributed by atoms with Crippen molar-refractivity contribution in [2.75, 3.05) is 25.0 Å². The molecule has 0 amide bonds. The number of rotatable bonds is 6. The average Bonchev–Trinajstić information content (AvgIpc) is 3.18. The third-order valence-electron chi connectivity index (χ3n) is 4.55. The molecular weight excluding hydrogens is 288 g/mol. The fraction of sp³-hybridized carbons (Fsp3) is 0.733. The first kappa shape index (κ1) is 14.9. The summed E-state index contributed by atoms with van der Waals surface area (Å²) in [5, 5.41) is 7.85. The SMILES string of the molecule is CCN1CCCC1CNc1c(Cl)cnn(CC2CC2)c1=O. The Balaban J connectivity index is 1.70. The molecule has 1 aromatic rings. The average molecular weight is 311 g/mol. The van der Waals surface area contributed by atoms with E-state index in [4.69, 9.17) is 11.6 Å². The lowest BCUT2D eigenvalue weighted by Crippen LogP contribution is -2.36. The zero-order valence-corrected chi connectivity index (χ0v) is 13.3. The van der Waals surface area contributed by atoms with E-state index in [1.54, 1.807) is 10.9 Å². The van der Waals surface area contributed by atoms with Crippen LogP contribution in [0.5, 0.6) is 0 Å². The Morgan fingerprint density at radius 1 is 1.43 bits per heavy atom. The van der Waals surface area contributed by atoms with E-state index in [2.05, 4.69) is 22.2 Å². The first-order chi connectivity index (χ1) is 10.2. The van der Waals surface area contributed by atoms with Crippen molar-refractivity contribution < 1.29 is 0 Å². The van der Waals surface area contributed by atoms with E-state index in [-0.39, 0.29) is 5.56 Å². The summed E-state index contributed by atoms with van der Waals surface area (Å²) >= 11 is 6.16. The van der Waals surface area contributed by atoms with Gasteiger partial charge < -0.3 is 5.32 Å². The summed E-state index contributed by atoms with van der Waals surface area (Å²) < 4.78 is 1.55. The van der Waals surface area contributed by atoms with Crippen LogP contribution in [0.15, 0.2) is 11.0 Å². The van der Waals surface area contributed by atoms with Crippen molar-refractivity contribution >= 4 is 17.3 Å². The molecule has 0 aromatic carbocycles. The van der Waals surface area contributed by atoms with Crippen LogP contribution in [0.3, 0.4) is 0 Å². The summed E-state index contributed by atoms with van der Waals surface area (Å²) in [6.45, 7) is 5.88.